The zero-order chi connectivity index (χ0) is 13.3. The van der Waals surface area contributed by atoms with Crippen molar-refractivity contribution in [3.8, 4) is 0 Å². The minimum absolute atomic E-state index is 0.0348. The smallest absolute Gasteiger partial charge is 0.196 e. The summed E-state index contributed by atoms with van der Waals surface area (Å²) in [6, 6.07) is 5.83. The first-order chi connectivity index (χ1) is 8.49. The summed E-state index contributed by atoms with van der Waals surface area (Å²) >= 11 is 1.58. The van der Waals surface area contributed by atoms with E-state index in [1.54, 1.807) is 11.3 Å². The van der Waals surface area contributed by atoms with E-state index in [9.17, 15) is 13.2 Å². The molecule has 0 saturated heterocycles. The summed E-state index contributed by atoms with van der Waals surface area (Å²) in [6.07, 6.45) is 0. The number of hydrogen-bond donors (Lipinski definition) is 1. The molecule has 0 aliphatic rings. The highest BCUT2D eigenvalue weighted by Gasteiger charge is 2.15. The van der Waals surface area contributed by atoms with Crippen LogP contribution in [0.15, 0.2) is 24.3 Å². The summed E-state index contributed by atoms with van der Waals surface area (Å²) in [5.41, 5.74) is -0.0348. The number of aryl methyl sites for hydroxylation is 1. The van der Waals surface area contributed by atoms with Gasteiger partial charge in [0.15, 0.2) is 17.5 Å². The van der Waals surface area contributed by atoms with Gasteiger partial charge in [0.25, 0.3) is 0 Å². The van der Waals surface area contributed by atoms with E-state index in [1.165, 1.54) is 6.07 Å². The average Bonchev–Trinajstić information content (AvgIpc) is 2.77. The summed E-state index contributed by atoms with van der Waals surface area (Å²) < 4.78 is 39.3. The van der Waals surface area contributed by atoms with E-state index in [2.05, 4.69) is 5.32 Å². The molecule has 1 heterocycles. The van der Waals surface area contributed by atoms with Crippen LogP contribution >= 0.6 is 11.3 Å². The molecule has 1 N–H and O–H groups in total. The zero-order valence-corrected chi connectivity index (χ0v) is 10.7. The molecule has 96 valence electrons. The number of thiophene rings is 1. The molecule has 2 aromatic rings. The largest absolute Gasteiger partial charge is 0.375 e. The van der Waals surface area contributed by atoms with Crippen molar-refractivity contribution in [2.75, 3.05) is 5.32 Å². The van der Waals surface area contributed by atoms with Gasteiger partial charge in [0.05, 0.1) is 11.7 Å². The average molecular weight is 271 g/mol. The van der Waals surface area contributed by atoms with Crippen molar-refractivity contribution < 1.29 is 13.2 Å². The molecule has 0 aliphatic carbocycles. The van der Waals surface area contributed by atoms with Gasteiger partial charge in [-0.1, -0.05) is 0 Å². The maximum absolute atomic E-state index is 13.5. The molecule has 0 saturated carbocycles. The number of benzene rings is 1. The summed E-state index contributed by atoms with van der Waals surface area (Å²) in [4.78, 5) is 2.15. The maximum atomic E-state index is 13.5. The second-order valence-electron chi connectivity index (χ2n) is 4.04. The SMILES string of the molecule is Cc1ccc(C(C)Nc2ccc(F)c(F)c2F)s1. The molecule has 1 nitrogen and oxygen atoms in total. The topological polar surface area (TPSA) is 12.0 Å². The summed E-state index contributed by atoms with van der Waals surface area (Å²) in [5, 5.41) is 2.84. The lowest BCUT2D eigenvalue weighted by atomic mass is 10.2. The predicted octanol–water partition coefficient (Wildman–Crippen LogP) is 4.65. The van der Waals surface area contributed by atoms with Crippen molar-refractivity contribution >= 4 is 17.0 Å². The Balaban J connectivity index is 2.22. The Labute approximate surface area is 107 Å². The van der Waals surface area contributed by atoms with Gasteiger partial charge >= 0.3 is 0 Å². The fourth-order valence-corrected chi connectivity index (χ4v) is 2.51. The van der Waals surface area contributed by atoms with Crippen LogP contribution in [-0.2, 0) is 0 Å². The maximum Gasteiger partial charge on any atom is 0.196 e. The molecular weight excluding hydrogens is 259 g/mol. The zero-order valence-electron chi connectivity index (χ0n) is 9.93. The third kappa shape index (κ3) is 2.51. The van der Waals surface area contributed by atoms with E-state index in [4.69, 9.17) is 0 Å². The highest BCUT2D eigenvalue weighted by molar-refractivity contribution is 7.12. The molecule has 0 radical (unpaired) electrons. The number of anilines is 1. The van der Waals surface area contributed by atoms with Crippen molar-refractivity contribution in [3.63, 3.8) is 0 Å². The number of nitrogens with one attached hydrogen (secondary N) is 1. The van der Waals surface area contributed by atoms with Crippen LogP contribution in [-0.4, -0.2) is 0 Å². The quantitative estimate of drug-likeness (QED) is 0.801. The van der Waals surface area contributed by atoms with Crippen molar-refractivity contribution in [1.82, 2.24) is 0 Å². The number of halogens is 3. The second kappa shape index (κ2) is 5.02. The van der Waals surface area contributed by atoms with Gasteiger partial charge in [-0.3, -0.25) is 0 Å². The van der Waals surface area contributed by atoms with Crippen LogP contribution < -0.4 is 5.32 Å². The molecule has 5 heteroatoms. The number of hydrogen-bond acceptors (Lipinski definition) is 2. The number of rotatable bonds is 3. The Morgan fingerprint density at radius 1 is 1.06 bits per heavy atom. The van der Waals surface area contributed by atoms with Crippen molar-refractivity contribution in [3.05, 3.63) is 51.5 Å². The third-order valence-corrected chi connectivity index (χ3v) is 3.78. The van der Waals surface area contributed by atoms with Crippen molar-refractivity contribution in [2.24, 2.45) is 0 Å². The van der Waals surface area contributed by atoms with Gasteiger partial charge in [0.2, 0.25) is 0 Å². The Morgan fingerprint density at radius 3 is 2.39 bits per heavy atom. The van der Waals surface area contributed by atoms with Crippen molar-refractivity contribution in [1.29, 1.82) is 0 Å². The molecule has 0 spiro atoms. The lowest BCUT2D eigenvalue weighted by Gasteiger charge is -2.14. The first kappa shape index (κ1) is 13.0. The first-order valence-electron chi connectivity index (χ1n) is 5.45. The standard InChI is InChI=1S/C13H12F3NS/c1-7-3-6-11(18-7)8(2)17-10-5-4-9(14)12(15)13(10)16/h3-6,8,17H,1-2H3. The second-order valence-corrected chi connectivity index (χ2v) is 5.36. The minimum Gasteiger partial charge on any atom is -0.375 e. The molecule has 2 rings (SSSR count). The molecule has 0 fully saturated rings. The Kier molecular flexibility index (Phi) is 3.61. The predicted molar refractivity (Wildman–Crippen MR) is 67.4 cm³/mol. The third-order valence-electron chi connectivity index (χ3n) is 2.60. The van der Waals surface area contributed by atoms with Gasteiger partial charge in [-0.15, -0.1) is 11.3 Å². The van der Waals surface area contributed by atoms with Crippen molar-refractivity contribution in [2.45, 2.75) is 19.9 Å². The monoisotopic (exact) mass is 271 g/mol. The summed E-state index contributed by atoms with van der Waals surface area (Å²) in [7, 11) is 0. The van der Waals surface area contributed by atoms with Crippen LogP contribution in [0.1, 0.15) is 22.7 Å². The molecule has 1 atom stereocenters. The molecule has 1 unspecified atom stereocenters. The van der Waals surface area contributed by atoms with Gasteiger partial charge in [-0.25, -0.2) is 13.2 Å². The molecule has 18 heavy (non-hydrogen) atoms. The Morgan fingerprint density at radius 2 is 1.78 bits per heavy atom. The van der Waals surface area contributed by atoms with Gasteiger partial charge in [-0.05, 0) is 38.1 Å². The van der Waals surface area contributed by atoms with E-state index >= 15 is 0 Å². The van der Waals surface area contributed by atoms with Crippen LogP contribution in [0.2, 0.25) is 0 Å². The molecule has 0 aliphatic heterocycles. The fourth-order valence-electron chi connectivity index (χ4n) is 1.63. The Hall–Kier alpha value is -1.49. The Bertz CT molecular complexity index is 565. The highest BCUT2D eigenvalue weighted by Crippen LogP contribution is 2.28. The van der Waals surface area contributed by atoms with Gasteiger partial charge in [-0.2, -0.15) is 0 Å². The van der Waals surface area contributed by atoms with E-state index in [1.807, 2.05) is 26.0 Å². The minimum atomic E-state index is -1.45. The van der Waals surface area contributed by atoms with Gasteiger partial charge in [0, 0.05) is 9.75 Å². The van der Waals surface area contributed by atoms with Gasteiger partial charge in [0.1, 0.15) is 0 Å². The van der Waals surface area contributed by atoms with E-state index in [-0.39, 0.29) is 11.7 Å². The van der Waals surface area contributed by atoms with Crippen LogP contribution in [0.5, 0.6) is 0 Å². The molecule has 0 bridgehead atoms. The van der Waals surface area contributed by atoms with Crippen LogP contribution in [0.25, 0.3) is 0 Å². The first-order valence-corrected chi connectivity index (χ1v) is 6.27. The molecule has 0 amide bonds. The summed E-state index contributed by atoms with van der Waals surface area (Å²) in [6.45, 7) is 3.81. The lowest BCUT2D eigenvalue weighted by Crippen LogP contribution is -2.08. The fraction of sp³-hybridized carbons (Fsp3) is 0.231. The molecule has 1 aromatic heterocycles. The summed E-state index contributed by atoms with van der Waals surface area (Å²) in [5.74, 6) is -3.82. The van der Waals surface area contributed by atoms with Crippen LogP contribution in [0, 0.1) is 24.4 Å². The van der Waals surface area contributed by atoms with E-state index in [0.29, 0.717) is 0 Å². The van der Waals surface area contributed by atoms with E-state index in [0.717, 1.165) is 15.8 Å². The van der Waals surface area contributed by atoms with Crippen LogP contribution in [0.3, 0.4) is 0 Å². The molecule has 1 aromatic carbocycles. The van der Waals surface area contributed by atoms with E-state index < -0.39 is 17.5 Å². The molecular formula is C13H12F3NS. The normalized spacial score (nSPS) is 12.5. The highest BCUT2D eigenvalue weighted by atomic mass is 32.1. The lowest BCUT2D eigenvalue weighted by molar-refractivity contribution is 0.448. The van der Waals surface area contributed by atoms with Gasteiger partial charge < -0.3 is 5.32 Å². The van der Waals surface area contributed by atoms with Crippen LogP contribution in [0.4, 0.5) is 18.9 Å².